The highest BCUT2D eigenvalue weighted by molar-refractivity contribution is 5.99. The molecule has 0 aliphatic carbocycles. The molecule has 1 rings (SSSR count). The van der Waals surface area contributed by atoms with Gasteiger partial charge in [0.05, 0.1) is 5.56 Å². The van der Waals surface area contributed by atoms with E-state index in [9.17, 15) is 9.59 Å². The zero-order valence-electron chi connectivity index (χ0n) is 10.6. The largest absolute Gasteiger partial charge is 0.399 e. The maximum atomic E-state index is 11.4. The van der Waals surface area contributed by atoms with Gasteiger partial charge in [0.15, 0.2) is 0 Å². The van der Waals surface area contributed by atoms with Crippen LogP contribution in [0.1, 0.15) is 16.8 Å². The van der Waals surface area contributed by atoms with Crippen LogP contribution in [-0.4, -0.2) is 37.4 Å². The van der Waals surface area contributed by atoms with Crippen LogP contribution in [0, 0.1) is 0 Å². The quantitative estimate of drug-likeness (QED) is 0.652. The monoisotopic (exact) mass is 250 g/mol. The Balaban J connectivity index is 2.69. The van der Waals surface area contributed by atoms with Crippen LogP contribution in [0.2, 0.25) is 0 Å². The molecular formula is C12H18N4O2. The van der Waals surface area contributed by atoms with E-state index in [1.54, 1.807) is 32.3 Å². The lowest BCUT2D eigenvalue weighted by molar-refractivity contribution is -0.128. The molecule has 98 valence electrons. The van der Waals surface area contributed by atoms with Crippen LogP contribution in [0.25, 0.3) is 0 Å². The maximum Gasteiger partial charge on any atom is 0.250 e. The number of nitrogens with two attached hydrogens (primary N) is 2. The molecule has 0 spiro atoms. The first-order valence-corrected chi connectivity index (χ1v) is 5.55. The highest BCUT2D eigenvalue weighted by Crippen LogP contribution is 2.18. The number of primary amides is 1. The van der Waals surface area contributed by atoms with E-state index in [0.29, 0.717) is 29.9 Å². The van der Waals surface area contributed by atoms with Crippen LogP contribution in [-0.2, 0) is 4.79 Å². The fourth-order valence-electron chi connectivity index (χ4n) is 1.45. The molecule has 0 heterocycles. The number of nitrogens with zero attached hydrogens (tertiary/aromatic N) is 1. The van der Waals surface area contributed by atoms with Gasteiger partial charge < -0.3 is 21.7 Å². The van der Waals surface area contributed by atoms with Gasteiger partial charge in [0.2, 0.25) is 5.91 Å². The minimum Gasteiger partial charge on any atom is -0.399 e. The van der Waals surface area contributed by atoms with Gasteiger partial charge >= 0.3 is 0 Å². The molecule has 18 heavy (non-hydrogen) atoms. The number of nitrogens with one attached hydrogen (secondary N) is 1. The molecule has 0 radical (unpaired) electrons. The van der Waals surface area contributed by atoms with Crippen LogP contribution >= 0.6 is 0 Å². The number of benzene rings is 1. The Bertz CT molecular complexity index is 457. The van der Waals surface area contributed by atoms with Crippen molar-refractivity contribution in [3.63, 3.8) is 0 Å². The van der Waals surface area contributed by atoms with Gasteiger partial charge in [-0.15, -0.1) is 0 Å². The number of amides is 2. The molecule has 0 fully saturated rings. The summed E-state index contributed by atoms with van der Waals surface area (Å²) in [7, 11) is 3.38. The van der Waals surface area contributed by atoms with Gasteiger partial charge in [0.25, 0.3) is 5.91 Å². The van der Waals surface area contributed by atoms with Gasteiger partial charge in [-0.05, 0) is 18.2 Å². The molecule has 1 aromatic carbocycles. The van der Waals surface area contributed by atoms with Crippen molar-refractivity contribution in [2.45, 2.75) is 6.42 Å². The Morgan fingerprint density at radius 1 is 1.33 bits per heavy atom. The second kappa shape index (κ2) is 5.90. The standard InChI is InChI=1S/C12H18N4O2/c1-16(2)11(17)5-6-15-10-7-8(13)3-4-9(10)12(14)18/h3-4,7,15H,5-6,13H2,1-2H3,(H2,14,18). The summed E-state index contributed by atoms with van der Waals surface area (Å²) in [6, 6.07) is 4.80. The zero-order valence-corrected chi connectivity index (χ0v) is 10.6. The van der Waals surface area contributed by atoms with E-state index in [1.165, 1.54) is 4.90 Å². The third kappa shape index (κ3) is 3.65. The normalized spacial score (nSPS) is 9.89. The van der Waals surface area contributed by atoms with Crippen molar-refractivity contribution >= 4 is 23.2 Å². The highest BCUT2D eigenvalue weighted by atomic mass is 16.2. The van der Waals surface area contributed by atoms with E-state index in [1.807, 2.05) is 0 Å². The summed E-state index contributed by atoms with van der Waals surface area (Å²) in [6.45, 7) is 0.417. The molecule has 0 aliphatic heterocycles. The summed E-state index contributed by atoms with van der Waals surface area (Å²) in [4.78, 5) is 24.1. The summed E-state index contributed by atoms with van der Waals surface area (Å²) in [5.41, 5.74) is 12.3. The van der Waals surface area contributed by atoms with Crippen LogP contribution < -0.4 is 16.8 Å². The molecular weight excluding hydrogens is 232 g/mol. The Labute approximate surface area is 106 Å². The van der Waals surface area contributed by atoms with Gasteiger partial charge in [-0.25, -0.2) is 0 Å². The molecule has 5 N–H and O–H groups in total. The van der Waals surface area contributed by atoms with E-state index in [0.717, 1.165) is 0 Å². The molecule has 6 nitrogen and oxygen atoms in total. The molecule has 0 atom stereocenters. The molecule has 0 bridgehead atoms. The number of anilines is 2. The fourth-order valence-corrected chi connectivity index (χ4v) is 1.45. The molecule has 0 aromatic heterocycles. The lowest BCUT2D eigenvalue weighted by atomic mass is 10.1. The SMILES string of the molecule is CN(C)C(=O)CCNc1cc(N)ccc1C(N)=O. The second-order valence-electron chi connectivity index (χ2n) is 4.13. The van der Waals surface area contributed by atoms with E-state index in [2.05, 4.69) is 5.32 Å². The summed E-state index contributed by atoms with van der Waals surface area (Å²) in [6.07, 6.45) is 0.333. The first-order valence-electron chi connectivity index (χ1n) is 5.55. The Kier molecular flexibility index (Phi) is 4.53. The van der Waals surface area contributed by atoms with Gasteiger partial charge in [-0.2, -0.15) is 0 Å². The van der Waals surface area contributed by atoms with E-state index >= 15 is 0 Å². The lowest BCUT2D eigenvalue weighted by Gasteiger charge is -2.13. The number of hydrogen-bond acceptors (Lipinski definition) is 4. The van der Waals surface area contributed by atoms with Crippen molar-refractivity contribution in [2.75, 3.05) is 31.7 Å². The molecule has 1 aromatic rings. The number of rotatable bonds is 5. The Morgan fingerprint density at radius 3 is 2.56 bits per heavy atom. The smallest absolute Gasteiger partial charge is 0.250 e. The predicted molar refractivity (Wildman–Crippen MR) is 71.2 cm³/mol. The van der Waals surface area contributed by atoms with E-state index in [-0.39, 0.29) is 5.91 Å². The summed E-state index contributed by atoms with van der Waals surface area (Å²) < 4.78 is 0. The van der Waals surface area contributed by atoms with Crippen molar-refractivity contribution < 1.29 is 9.59 Å². The number of carbonyl (C=O) groups is 2. The zero-order chi connectivity index (χ0) is 13.7. The fraction of sp³-hybridized carbons (Fsp3) is 0.333. The highest BCUT2D eigenvalue weighted by Gasteiger charge is 2.09. The van der Waals surface area contributed by atoms with Gasteiger partial charge in [-0.3, -0.25) is 9.59 Å². The minimum atomic E-state index is -0.531. The average molecular weight is 250 g/mol. The lowest BCUT2D eigenvalue weighted by Crippen LogP contribution is -2.24. The van der Waals surface area contributed by atoms with Crippen molar-refractivity contribution in [3.8, 4) is 0 Å². The van der Waals surface area contributed by atoms with Crippen LogP contribution in [0.3, 0.4) is 0 Å². The first kappa shape index (κ1) is 13.8. The maximum absolute atomic E-state index is 11.4. The average Bonchev–Trinajstić information content (AvgIpc) is 2.28. The summed E-state index contributed by atoms with van der Waals surface area (Å²) in [5.74, 6) is -0.525. The predicted octanol–water partition coefficient (Wildman–Crippen LogP) is 0.258. The molecule has 0 unspecified atom stereocenters. The first-order chi connectivity index (χ1) is 8.41. The molecule has 0 saturated heterocycles. The molecule has 2 amide bonds. The van der Waals surface area contributed by atoms with Crippen LogP contribution in [0.5, 0.6) is 0 Å². The molecule has 0 saturated carbocycles. The number of carbonyl (C=O) groups excluding carboxylic acids is 2. The van der Waals surface area contributed by atoms with Crippen molar-refractivity contribution in [1.82, 2.24) is 4.90 Å². The number of hydrogen-bond donors (Lipinski definition) is 3. The van der Waals surface area contributed by atoms with Crippen LogP contribution in [0.4, 0.5) is 11.4 Å². The summed E-state index contributed by atoms with van der Waals surface area (Å²) in [5, 5.41) is 2.99. The van der Waals surface area contributed by atoms with Gasteiger partial charge in [-0.1, -0.05) is 0 Å². The van der Waals surface area contributed by atoms with Gasteiger partial charge in [0.1, 0.15) is 0 Å². The summed E-state index contributed by atoms with van der Waals surface area (Å²) >= 11 is 0. The third-order valence-corrected chi connectivity index (χ3v) is 2.46. The molecule has 6 heteroatoms. The van der Waals surface area contributed by atoms with Crippen molar-refractivity contribution in [3.05, 3.63) is 23.8 Å². The molecule has 0 aliphatic rings. The van der Waals surface area contributed by atoms with Crippen molar-refractivity contribution in [1.29, 1.82) is 0 Å². The Morgan fingerprint density at radius 2 is 2.00 bits per heavy atom. The van der Waals surface area contributed by atoms with E-state index < -0.39 is 5.91 Å². The van der Waals surface area contributed by atoms with Crippen LogP contribution in [0.15, 0.2) is 18.2 Å². The minimum absolute atomic E-state index is 0.00651. The van der Waals surface area contributed by atoms with Crippen molar-refractivity contribution in [2.24, 2.45) is 5.73 Å². The topological polar surface area (TPSA) is 101 Å². The second-order valence-corrected chi connectivity index (χ2v) is 4.13. The third-order valence-electron chi connectivity index (χ3n) is 2.46. The van der Waals surface area contributed by atoms with E-state index in [4.69, 9.17) is 11.5 Å². The van der Waals surface area contributed by atoms with Gasteiger partial charge in [0, 0.05) is 38.4 Å². The number of nitrogen functional groups attached to an aromatic ring is 1. The Hall–Kier alpha value is -2.24.